The molecule has 0 aliphatic carbocycles. The van der Waals surface area contributed by atoms with Crippen LogP contribution in [-0.2, 0) is 0 Å². The molecule has 0 N–H and O–H groups in total. The van der Waals surface area contributed by atoms with Gasteiger partial charge in [0.1, 0.15) is 0 Å². The number of hydrogen-bond acceptors (Lipinski definition) is 0. The second-order valence-corrected chi connectivity index (χ2v) is 6.01. The zero-order chi connectivity index (χ0) is 11.6. The van der Waals surface area contributed by atoms with E-state index in [1.165, 1.54) is 0 Å². The molecule has 1 rings (SSSR count). The average Bonchev–Trinajstić information content (AvgIpc) is 2.15. The maximum absolute atomic E-state index is 6.45. The second-order valence-electron chi connectivity index (χ2n) is 5.11. The van der Waals surface area contributed by atoms with Gasteiger partial charge in [-0.15, -0.1) is 11.6 Å². The molecule has 0 fully saturated rings. The lowest BCUT2D eigenvalue weighted by Gasteiger charge is -2.31. The first-order valence-corrected chi connectivity index (χ1v) is 6.03. The lowest BCUT2D eigenvalue weighted by atomic mass is 9.78. The van der Waals surface area contributed by atoms with Gasteiger partial charge in [0.05, 0.1) is 5.38 Å². The van der Waals surface area contributed by atoms with Gasteiger partial charge in [0.15, 0.2) is 0 Å². The summed E-state index contributed by atoms with van der Waals surface area (Å²) in [6.07, 6.45) is 0. The van der Waals surface area contributed by atoms with Crippen LogP contribution in [0.5, 0.6) is 0 Å². The Bertz CT molecular complexity index is 308. The third-order valence-corrected chi connectivity index (χ3v) is 3.88. The van der Waals surface area contributed by atoms with Gasteiger partial charge in [0.2, 0.25) is 0 Å². The number of rotatable bonds is 2. The lowest BCUT2D eigenvalue weighted by molar-refractivity contribution is 0.253. The fraction of sp³-hybridized carbons (Fsp3) is 0.538. The van der Waals surface area contributed by atoms with Crippen LogP contribution in [0.25, 0.3) is 0 Å². The quantitative estimate of drug-likeness (QED) is 0.620. The molecule has 0 aliphatic heterocycles. The van der Waals surface area contributed by atoms with Crippen LogP contribution in [0.3, 0.4) is 0 Å². The predicted molar refractivity (Wildman–Crippen MR) is 68.7 cm³/mol. The van der Waals surface area contributed by atoms with E-state index in [2.05, 4.69) is 27.7 Å². The molecular weight excluding hydrogens is 227 g/mol. The van der Waals surface area contributed by atoms with E-state index in [1.807, 2.05) is 24.3 Å². The molecule has 2 unspecified atom stereocenters. The van der Waals surface area contributed by atoms with Crippen molar-refractivity contribution in [1.82, 2.24) is 0 Å². The summed E-state index contributed by atoms with van der Waals surface area (Å²) in [6.45, 7) is 8.82. The average molecular weight is 245 g/mol. The molecule has 2 heteroatoms. The van der Waals surface area contributed by atoms with E-state index in [9.17, 15) is 0 Å². The molecule has 0 aliphatic rings. The van der Waals surface area contributed by atoms with Crippen LogP contribution in [0.1, 0.15) is 38.6 Å². The first-order chi connectivity index (χ1) is 6.82. The second kappa shape index (κ2) is 4.76. The van der Waals surface area contributed by atoms with Crippen LogP contribution >= 0.6 is 23.2 Å². The summed E-state index contributed by atoms with van der Waals surface area (Å²) in [5, 5.41) is 0.799. The van der Waals surface area contributed by atoms with Crippen LogP contribution in [-0.4, -0.2) is 0 Å². The Balaban J connectivity index is 2.85. The molecule has 2 atom stereocenters. The summed E-state index contributed by atoms with van der Waals surface area (Å²) in [5.41, 5.74) is 1.36. The number of hydrogen-bond donors (Lipinski definition) is 0. The Morgan fingerprint density at radius 2 is 1.53 bits per heavy atom. The molecule has 1 aromatic carbocycles. The third-order valence-electron chi connectivity index (χ3n) is 2.99. The van der Waals surface area contributed by atoms with Gasteiger partial charge in [-0.05, 0) is 29.0 Å². The molecule has 0 aromatic heterocycles. The minimum absolute atomic E-state index is 0.0438. The van der Waals surface area contributed by atoms with E-state index in [-0.39, 0.29) is 10.8 Å². The van der Waals surface area contributed by atoms with Crippen molar-refractivity contribution >= 4 is 23.2 Å². The standard InChI is InChI=1S/C13H18Cl2/c1-9(13(2,3)4)12(15)10-5-7-11(14)8-6-10/h5-9,12H,1-4H3. The van der Waals surface area contributed by atoms with Gasteiger partial charge in [0, 0.05) is 5.02 Å². The number of alkyl halides is 1. The summed E-state index contributed by atoms with van der Waals surface area (Å²) < 4.78 is 0. The normalized spacial score (nSPS) is 16.1. The van der Waals surface area contributed by atoms with Gasteiger partial charge in [-0.1, -0.05) is 51.4 Å². The summed E-state index contributed by atoms with van der Waals surface area (Å²) in [7, 11) is 0. The predicted octanol–water partition coefficient (Wildman–Crippen LogP) is 5.30. The van der Waals surface area contributed by atoms with Crippen molar-refractivity contribution < 1.29 is 0 Å². The van der Waals surface area contributed by atoms with Crippen molar-refractivity contribution in [2.45, 2.75) is 33.1 Å². The Morgan fingerprint density at radius 3 is 1.93 bits per heavy atom. The van der Waals surface area contributed by atoms with Gasteiger partial charge in [0.25, 0.3) is 0 Å². The fourth-order valence-corrected chi connectivity index (χ4v) is 2.02. The molecule has 15 heavy (non-hydrogen) atoms. The molecule has 0 heterocycles. The van der Waals surface area contributed by atoms with Gasteiger partial charge in [-0.25, -0.2) is 0 Å². The molecule has 84 valence electrons. The minimum atomic E-state index is 0.0438. The van der Waals surface area contributed by atoms with Crippen LogP contribution < -0.4 is 0 Å². The molecule has 0 nitrogen and oxygen atoms in total. The highest BCUT2D eigenvalue weighted by molar-refractivity contribution is 6.30. The van der Waals surface area contributed by atoms with Crippen LogP contribution in [0.2, 0.25) is 5.02 Å². The zero-order valence-corrected chi connectivity index (χ0v) is 11.2. The fourth-order valence-electron chi connectivity index (χ4n) is 1.37. The van der Waals surface area contributed by atoms with Gasteiger partial charge in [-0.3, -0.25) is 0 Å². The first-order valence-electron chi connectivity index (χ1n) is 5.22. The van der Waals surface area contributed by atoms with Crippen molar-refractivity contribution in [2.24, 2.45) is 11.3 Å². The van der Waals surface area contributed by atoms with Crippen molar-refractivity contribution in [3.05, 3.63) is 34.9 Å². The summed E-state index contributed by atoms with van der Waals surface area (Å²) in [5.74, 6) is 0.417. The molecule has 0 spiro atoms. The molecule has 0 amide bonds. The molecule has 0 saturated carbocycles. The highest BCUT2D eigenvalue weighted by atomic mass is 35.5. The van der Waals surface area contributed by atoms with Crippen LogP contribution in [0.15, 0.2) is 24.3 Å². The monoisotopic (exact) mass is 244 g/mol. The molecule has 0 radical (unpaired) electrons. The largest absolute Gasteiger partial charge is 0.118 e. The smallest absolute Gasteiger partial charge is 0.0615 e. The molecule has 1 aromatic rings. The molecule has 0 bridgehead atoms. The van der Waals surface area contributed by atoms with E-state index in [4.69, 9.17) is 23.2 Å². The Labute approximate surface area is 103 Å². The van der Waals surface area contributed by atoms with E-state index >= 15 is 0 Å². The maximum atomic E-state index is 6.45. The van der Waals surface area contributed by atoms with Crippen molar-refractivity contribution in [2.75, 3.05) is 0 Å². The van der Waals surface area contributed by atoms with Gasteiger partial charge >= 0.3 is 0 Å². The molecule has 0 saturated heterocycles. The van der Waals surface area contributed by atoms with E-state index < -0.39 is 0 Å². The number of halogens is 2. The summed E-state index contributed by atoms with van der Waals surface area (Å²) >= 11 is 12.3. The van der Waals surface area contributed by atoms with E-state index in [0.29, 0.717) is 5.92 Å². The topological polar surface area (TPSA) is 0 Å². The van der Waals surface area contributed by atoms with Gasteiger partial charge < -0.3 is 0 Å². The summed E-state index contributed by atoms with van der Waals surface area (Å²) in [6, 6.07) is 7.79. The Morgan fingerprint density at radius 1 is 1.07 bits per heavy atom. The van der Waals surface area contributed by atoms with E-state index in [1.54, 1.807) is 0 Å². The lowest BCUT2D eigenvalue weighted by Crippen LogP contribution is -2.21. The highest BCUT2D eigenvalue weighted by Crippen LogP contribution is 2.40. The van der Waals surface area contributed by atoms with Crippen LogP contribution in [0.4, 0.5) is 0 Å². The number of benzene rings is 1. The zero-order valence-electron chi connectivity index (χ0n) is 9.72. The molecular formula is C13H18Cl2. The van der Waals surface area contributed by atoms with Crippen molar-refractivity contribution in [3.8, 4) is 0 Å². The van der Waals surface area contributed by atoms with E-state index in [0.717, 1.165) is 10.6 Å². The maximum Gasteiger partial charge on any atom is 0.0615 e. The SMILES string of the molecule is CC(C(Cl)c1ccc(Cl)cc1)C(C)(C)C. The van der Waals surface area contributed by atoms with Crippen molar-refractivity contribution in [3.63, 3.8) is 0 Å². The van der Waals surface area contributed by atoms with Crippen LogP contribution in [0, 0.1) is 11.3 Å². The first kappa shape index (κ1) is 12.9. The third kappa shape index (κ3) is 3.39. The van der Waals surface area contributed by atoms with Gasteiger partial charge in [-0.2, -0.15) is 0 Å². The minimum Gasteiger partial charge on any atom is -0.118 e. The van der Waals surface area contributed by atoms with Crippen molar-refractivity contribution in [1.29, 1.82) is 0 Å². The Kier molecular flexibility index (Phi) is 4.08. The Hall–Kier alpha value is -0.200. The highest BCUT2D eigenvalue weighted by Gasteiger charge is 2.27. The summed E-state index contributed by atoms with van der Waals surface area (Å²) in [4.78, 5) is 0.